The summed E-state index contributed by atoms with van der Waals surface area (Å²) in [4.78, 5) is 3.91. The maximum absolute atomic E-state index is 5.04. The molecule has 2 heteroatoms. The van der Waals surface area contributed by atoms with E-state index in [4.69, 9.17) is 4.74 Å². The van der Waals surface area contributed by atoms with Crippen molar-refractivity contribution in [3.8, 4) is 0 Å². The van der Waals surface area contributed by atoms with Crippen LogP contribution in [0.2, 0.25) is 0 Å². The number of rotatable bonds is 3. The Morgan fingerprint density at radius 2 is 2.15 bits per heavy atom. The summed E-state index contributed by atoms with van der Waals surface area (Å²) in [6.07, 6.45) is 0. The number of hydrogen-bond donors (Lipinski definition) is 0. The topological polar surface area (TPSA) is 21.6 Å². The van der Waals surface area contributed by atoms with Crippen LogP contribution in [0.5, 0.6) is 0 Å². The van der Waals surface area contributed by atoms with Gasteiger partial charge < -0.3 is 4.74 Å². The zero-order valence-electron chi connectivity index (χ0n) is 8.00. The van der Waals surface area contributed by atoms with Crippen LogP contribution < -0.4 is 0 Å². The average Bonchev–Trinajstić information content (AvgIpc) is 2.16. The predicted octanol–water partition coefficient (Wildman–Crippen LogP) is 2.94. The van der Waals surface area contributed by atoms with Crippen LogP contribution in [0.4, 0.5) is 5.69 Å². The van der Waals surface area contributed by atoms with Crippen LogP contribution in [-0.4, -0.2) is 13.8 Å². The molecule has 2 nitrogen and oxygen atoms in total. The fourth-order valence-corrected chi connectivity index (χ4v) is 1.12. The van der Waals surface area contributed by atoms with Crippen molar-refractivity contribution in [2.45, 2.75) is 6.92 Å². The molecule has 0 saturated carbocycles. The molecule has 1 rings (SSSR count). The van der Waals surface area contributed by atoms with Gasteiger partial charge in [0.1, 0.15) is 5.76 Å². The van der Waals surface area contributed by atoms with Gasteiger partial charge in [0.2, 0.25) is 0 Å². The van der Waals surface area contributed by atoms with Gasteiger partial charge in [-0.1, -0.05) is 12.6 Å². The van der Waals surface area contributed by atoms with Crippen LogP contribution in [0.25, 0.3) is 5.76 Å². The number of aryl methyl sites for hydroxylation is 1. The van der Waals surface area contributed by atoms with Crippen LogP contribution in [0.3, 0.4) is 0 Å². The highest BCUT2D eigenvalue weighted by Gasteiger charge is 2.04. The van der Waals surface area contributed by atoms with E-state index in [1.165, 1.54) is 0 Å². The second-order valence-corrected chi connectivity index (χ2v) is 2.81. The smallest absolute Gasteiger partial charge is 0.121 e. The summed E-state index contributed by atoms with van der Waals surface area (Å²) >= 11 is 0. The van der Waals surface area contributed by atoms with Crippen molar-refractivity contribution in [3.63, 3.8) is 0 Å². The molecule has 0 aromatic heterocycles. The van der Waals surface area contributed by atoms with Crippen LogP contribution >= 0.6 is 0 Å². The fourth-order valence-electron chi connectivity index (χ4n) is 1.12. The van der Waals surface area contributed by atoms with Crippen LogP contribution in [0.1, 0.15) is 11.1 Å². The molecule has 0 unspecified atom stereocenters. The van der Waals surface area contributed by atoms with E-state index in [0.29, 0.717) is 5.76 Å². The lowest BCUT2D eigenvalue weighted by Crippen LogP contribution is -1.86. The summed E-state index contributed by atoms with van der Waals surface area (Å²) < 4.78 is 5.04. The minimum Gasteiger partial charge on any atom is -0.497 e. The van der Waals surface area contributed by atoms with Crippen molar-refractivity contribution < 1.29 is 4.74 Å². The van der Waals surface area contributed by atoms with Crippen molar-refractivity contribution >= 4 is 18.2 Å². The molecule has 0 radical (unpaired) electrons. The molecule has 1 aromatic rings. The molecule has 0 N–H and O–H groups in total. The van der Waals surface area contributed by atoms with Gasteiger partial charge in [0, 0.05) is 5.56 Å². The van der Waals surface area contributed by atoms with Crippen molar-refractivity contribution in [1.29, 1.82) is 0 Å². The first-order chi connectivity index (χ1) is 6.19. The van der Waals surface area contributed by atoms with E-state index >= 15 is 0 Å². The highest BCUT2D eigenvalue weighted by molar-refractivity contribution is 5.71. The fraction of sp³-hybridized carbons (Fsp3) is 0.182. The molecule has 0 atom stereocenters. The summed E-state index contributed by atoms with van der Waals surface area (Å²) in [5.74, 6) is 0.613. The number of benzene rings is 1. The number of methoxy groups -OCH3 is 1. The Bertz CT molecular complexity index is 342. The summed E-state index contributed by atoms with van der Waals surface area (Å²) in [5.41, 5.74) is 2.85. The van der Waals surface area contributed by atoms with Gasteiger partial charge in [-0.15, -0.1) is 0 Å². The predicted molar refractivity (Wildman–Crippen MR) is 56.4 cm³/mol. The lowest BCUT2D eigenvalue weighted by Gasteiger charge is -2.07. The van der Waals surface area contributed by atoms with Crippen LogP contribution in [0.15, 0.2) is 29.8 Å². The molecule has 68 valence electrons. The van der Waals surface area contributed by atoms with Gasteiger partial charge in [-0.05, 0) is 31.3 Å². The molecule has 0 amide bonds. The molecule has 0 bridgehead atoms. The minimum absolute atomic E-state index is 0.613. The van der Waals surface area contributed by atoms with Crippen molar-refractivity contribution in [2.75, 3.05) is 7.11 Å². The van der Waals surface area contributed by atoms with Gasteiger partial charge in [-0.3, -0.25) is 4.99 Å². The minimum atomic E-state index is 0.613. The van der Waals surface area contributed by atoms with E-state index in [9.17, 15) is 0 Å². The molecule has 13 heavy (non-hydrogen) atoms. The van der Waals surface area contributed by atoms with Crippen molar-refractivity contribution in [2.24, 2.45) is 4.99 Å². The lowest BCUT2D eigenvalue weighted by molar-refractivity contribution is 0.371. The number of aliphatic imine (C=N–C) groups is 1. The average molecular weight is 175 g/mol. The van der Waals surface area contributed by atoms with Gasteiger partial charge in [0.05, 0.1) is 12.8 Å². The maximum atomic E-state index is 5.04. The zero-order valence-corrected chi connectivity index (χ0v) is 8.00. The van der Waals surface area contributed by atoms with E-state index in [1.54, 1.807) is 7.11 Å². The Balaban J connectivity index is 3.20. The third-order valence-corrected chi connectivity index (χ3v) is 1.87. The van der Waals surface area contributed by atoms with Crippen molar-refractivity contribution in [1.82, 2.24) is 0 Å². The van der Waals surface area contributed by atoms with Gasteiger partial charge in [-0.2, -0.15) is 0 Å². The summed E-state index contributed by atoms with van der Waals surface area (Å²) in [5, 5.41) is 0. The van der Waals surface area contributed by atoms with Gasteiger partial charge >= 0.3 is 0 Å². The van der Waals surface area contributed by atoms with Gasteiger partial charge in [0.25, 0.3) is 0 Å². The monoisotopic (exact) mass is 175 g/mol. The Morgan fingerprint density at radius 1 is 1.46 bits per heavy atom. The normalized spacial score (nSPS) is 9.38. The van der Waals surface area contributed by atoms with Crippen LogP contribution in [0, 0.1) is 6.92 Å². The second kappa shape index (κ2) is 3.90. The molecule has 0 aliphatic heterocycles. The third-order valence-electron chi connectivity index (χ3n) is 1.87. The van der Waals surface area contributed by atoms with E-state index in [0.717, 1.165) is 16.8 Å². The highest BCUT2D eigenvalue weighted by Crippen LogP contribution is 2.26. The van der Waals surface area contributed by atoms with Crippen molar-refractivity contribution in [3.05, 3.63) is 35.9 Å². The van der Waals surface area contributed by atoms with E-state index in [-0.39, 0.29) is 0 Å². The highest BCUT2D eigenvalue weighted by atomic mass is 16.5. The molecule has 0 aliphatic carbocycles. The Morgan fingerprint density at radius 3 is 2.69 bits per heavy atom. The molecular weight excluding hydrogens is 162 g/mol. The molecular formula is C11H13NO. The van der Waals surface area contributed by atoms with E-state index in [2.05, 4.69) is 18.3 Å². The largest absolute Gasteiger partial charge is 0.497 e. The molecule has 0 saturated heterocycles. The Kier molecular flexibility index (Phi) is 2.85. The molecule has 0 heterocycles. The molecule has 0 fully saturated rings. The van der Waals surface area contributed by atoms with Crippen LogP contribution in [-0.2, 0) is 4.74 Å². The lowest BCUT2D eigenvalue weighted by atomic mass is 10.1. The SMILES string of the molecule is C=Nc1cc(C)ccc1C(=C)OC. The van der Waals surface area contributed by atoms with E-state index in [1.807, 2.05) is 25.1 Å². The van der Waals surface area contributed by atoms with Gasteiger partial charge in [0.15, 0.2) is 0 Å². The molecule has 0 spiro atoms. The zero-order chi connectivity index (χ0) is 9.84. The van der Waals surface area contributed by atoms with E-state index < -0.39 is 0 Å². The summed E-state index contributed by atoms with van der Waals surface area (Å²) in [6.45, 7) is 9.28. The number of hydrogen-bond acceptors (Lipinski definition) is 2. The quantitative estimate of drug-likeness (QED) is 0.511. The van der Waals surface area contributed by atoms with Gasteiger partial charge in [-0.25, -0.2) is 0 Å². The first kappa shape index (κ1) is 9.52. The summed E-state index contributed by atoms with van der Waals surface area (Å²) in [6, 6.07) is 5.88. The second-order valence-electron chi connectivity index (χ2n) is 2.81. The number of ether oxygens (including phenoxy) is 1. The summed E-state index contributed by atoms with van der Waals surface area (Å²) in [7, 11) is 1.59. The first-order valence-electron chi connectivity index (χ1n) is 3.99. The standard InChI is InChI=1S/C11H13NO/c1-8-5-6-10(9(2)13-4)11(7-8)12-3/h5-7H,2-3H2,1,4H3. The third kappa shape index (κ3) is 1.96. The first-order valence-corrected chi connectivity index (χ1v) is 3.99. The maximum Gasteiger partial charge on any atom is 0.121 e. The number of nitrogens with zero attached hydrogens (tertiary/aromatic N) is 1. The Hall–Kier alpha value is -1.57. The molecule has 0 aliphatic rings. The molecule has 1 aromatic carbocycles. The Labute approximate surface area is 78.6 Å².